The number of hydrogen-bond acceptors (Lipinski definition) is 5. The Balaban J connectivity index is 2.05. The average Bonchev–Trinajstić information content (AvgIpc) is 3.15. The maximum atomic E-state index is 11.7. The van der Waals surface area contributed by atoms with Gasteiger partial charge in [-0.25, -0.2) is 13.4 Å². The quantitative estimate of drug-likeness (QED) is 0.780. The highest BCUT2D eigenvalue weighted by atomic mass is 32.2. The summed E-state index contributed by atoms with van der Waals surface area (Å²) in [6.45, 7) is 1.54. The van der Waals surface area contributed by atoms with Gasteiger partial charge in [-0.05, 0) is 30.5 Å². The van der Waals surface area contributed by atoms with Gasteiger partial charge >= 0.3 is 0 Å². The van der Waals surface area contributed by atoms with Crippen LogP contribution in [-0.2, 0) is 9.84 Å². The van der Waals surface area contributed by atoms with Crippen LogP contribution in [0.25, 0.3) is 10.4 Å². The Hall–Kier alpha value is -1.53. The Morgan fingerprint density at radius 1 is 1.17 bits per heavy atom. The summed E-state index contributed by atoms with van der Waals surface area (Å²) in [5.41, 5.74) is 1.94. The first-order valence-corrected chi connectivity index (χ1v) is 10.4. The molecule has 23 heavy (non-hydrogen) atoms. The molecule has 6 heteroatoms. The summed E-state index contributed by atoms with van der Waals surface area (Å²) in [7, 11) is -3.20. The molecule has 0 radical (unpaired) electrons. The van der Waals surface area contributed by atoms with E-state index in [1.165, 1.54) is 37.4 Å². The molecule has 1 heterocycles. The van der Waals surface area contributed by atoms with Crippen LogP contribution in [0.2, 0.25) is 0 Å². The van der Waals surface area contributed by atoms with Crippen molar-refractivity contribution in [3.05, 3.63) is 35.0 Å². The Kier molecular flexibility index (Phi) is 4.38. The number of carbonyl (C=O) groups is 1. The van der Waals surface area contributed by atoms with Crippen molar-refractivity contribution in [3.63, 3.8) is 0 Å². The summed E-state index contributed by atoms with van der Waals surface area (Å²) in [5, 5.41) is 0.536. The Labute approximate surface area is 140 Å². The molecule has 1 aliphatic carbocycles. The first kappa shape index (κ1) is 16.3. The largest absolute Gasteiger partial charge is 0.292 e. The average molecular weight is 349 g/mol. The highest BCUT2D eigenvalue weighted by Gasteiger charge is 2.25. The lowest BCUT2D eigenvalue weighted by Gasteiger charge is -2.09. The molecule has 0 aliphatic heterocycles. The highest BCUT2D eigenvalue weighted by molar-refractivity contribution is 7.90. The van der Waals surface area contributed by atoms with Gasteiger partial charge in [0.1, 0.15) is 0 Å². The van der Waals surface area contributed by atoms with E-state index in [0.717, 1.165) is 29.0 Å². The van der Waals surface area contributed by atoms with Crippen molar-refractivity contribution in [2.24, 2.45) is 0 Å². The fourth-order valence-electron chi connectivity index (χ4n) is 3.02. The smallest absolute Gasteiger partial charge is 0.188 e. The molecule has 0 spiro atoms. The minimum atomic E-state index is -3.20. The lowest BCUT2D eigenvalue weighted by Crippen LogP contribution is -1.98. The lowest BCUT2D eigenvalue weighted by molar-refractivity contribution is 0.101. The van der Waals surface area contributed by atoms with E-state index >= 15 is 0 Å². The molecule has 0 atom stereocenters. The summed E-state index contributed by atoms with van der Waals surface area (Å²) in [5.74, 6) is 0.386. The van der Waals surface area contributed by atoms with E-state index in [2.05, 4.69) is 4.98 Å². The first-order chi connectivity index (χ1) is 10.9. The number of aromatic nitrogens is 1. The number of ketones is 1. The van der Waals surface area contributed by atoms with Crippen LogP contribution in [0.15, 0.2) is 29.2 Å². The van der Waals surface area contributed by atoms with Crippen LogP contribution >= 0.6 is 11.3 Å². The molecule has 0 saturated heterocycles. The zero-order chi connectivity index (χ0) is 16.6. The highest BCUT2D eigenvalue weighted by Crippen LogP contribution is 2.41. The van der Waals surface area contributed by atoms with Crippen molar-refractivity contribution in [1.29, 1.82) is 0 Å². The minimum absolute atomic E-state index is 0.0201. The van der Waals surface area contributed by atoms with Gasteiger partial charge in [-0.3, -0.25) is 4.79 Å². The second kappa shape index (κ2) is 6.17. The predicted octanol–water partition coefficient (Wildman–Crippen LogP) is 4.07. The number of nitrogens with zero attached hydrogens (tertiary/aromatic N) is 1. The maximum Gasteiger partial charge on any atom is 0.188 e. The molecule has 122 valence electrons. The summed E-state index contributed by atoms with van der Waals surface area (Å²) >= 11 is 1.41. The van der Waals surface area contributed by atoms with Crippen LogP contribution in [0, 0.1) is 0 Å². The van der Waals surface area contributed by atoms with Gasteiger partial charge in [0.05, 0.1) is 15.5 Å². The summed E-state index contributed by atoms with van der Waals surface area (Å²) in [6, 6.07) is 6.87. The zero-order valence-electron chi connectivity index (χ0n) is 13.2. The topological polar surface area (TPSA) is 64.1 Å². The molecule has 1 saturated carbocycles. The van der Waals surface area contributed by atoms with E-state index in [9.17, 15) is 13.2 Å². The molecule has 3 rings (SSSR count). The molecular weight excluding hydrogens is 330 g/mol. The van der Waals surface area contributed by atoms with Crippen molar-refractivity contribution in [3.8, 4) is 10.4 Å². The second-order valence-electron chi connectivity index (χ2n) is 6.07. The normalized spacial score (nSPS) is 15.9. The lowest BCUT2D eigenvalue weighted by atomic mass is 10.0. The van der Waals surface area contributed by atoms with Crippen LogP contribution in [-0.4, -0.2) is 25.4 Å². The third-order valence-electron chi connectivity index (χ3n) is 4.24. The number of thiazole rings is 1. The van der Waals surface area contributed by atoms with Crippen molar-refractivity contribution < 1.29 is 13.2 Å². The summed E-state index contributed by atoms with van der Waals surface area (Å²) < 4.78 is 23.2. The van der Waals surface area contributed by atoms with Crippen molar-refractivity contribution in [2.75, 3.05) is 6.26 Å². The third-order valence-corrected chi connectivity index (χ3v) is 6.59. The molecule has 0 N–H and O–H groups in total. The summed E-state index contributed by atoms with van der Waals surface area (Å²) in [6.07, 6.45) is 5.81. The van der Waals surface area contributed by atoms with Crippen LogP contribution in [0.4, 0.5) is 0 Å². The Bertz CT molecular complexity index is 829. The molecule has 1 aromatic carbocycles. The Morgan fingerprint density at radius 2 is 1.78 bits per heavy atom. The van der Waals surface area contributed by atoms with Gasteiger partial charge in [-0.2, -0.15) is 0 Å². The van der Waals surface area contributed by atoms with E-state index in [0.29, 0.717) is 15.8 Å². The van der Waals surface area contributed by atoms with Crippen LogP contribution in [0.3, 0.4) is 0 Å². The second-order valence-corrected chi connectivity index (χ2v) is 9.08. The van der Waals surface area contributed by atoms with E-state index in [1.807, 2.05) is 12.1 Å². The number of Topliss-reactive ketones (excluding diaryl/α,β-unsaturated/α-hetero) is 1. The number of hydrogen-bond donors (Lipinski definition) is 0. The third kappa shape index (κ3) is 3.38. The molecular formula is C17H19NO3S2. The molecule has 1 aromatic heterocycles. The van der Waals surface area contributed by atoms with Gasteiger partial charge in [0.25, 0.3) is 0 Å². The molecule has 1 fully saturated rings. The maximum absolute atomic E-state index is 11.7. The predicted molar refractivity (Wildman–Crippen MR) is 91.9 cm³/mol. The van der Waals surface area contributed by atoms with E-state index in [4.69, 9.17) is 0 Å². The van der Waals surface area contributed by atoms with E-state index in [1.54, 1.807) is 12.1 Å². The molecule has 1 aliphatic rings. The summed E-state index contributed by atoms with van der Waals surface area (Å²) in [4.78, 5) is 17.6. The standard InChI is InChI=1S/C17H19NO3S2/c1-11(19)17-18-15(12-5-3-4-6-12)16(22-17)13-7-9-14(10-8-13)23(2,20)21/h7-10,12H,3-6H2,1-2H3. The van der Waals surface area contributed by atoms with Crippen LogP contribution in [0.5, 0.6) is 0 Å². The van der Waals surface area contributed by atoms with Gasteiger partial charge in [0.15, 0.2) is 20.6 Å². The van der Waals surface area contributed by atoms with Gasteiger partial charge in [0.2, 0.25) is 0 Å². The van der Waals surface area contributed by atoms with Gasteiger partial charge < -0.3 is 0 Å². The van der Waals surface area contributed by atoms with Gasteiger partial charge in [-0.15, -0.1) is 11.3 Å². The molecule has 4 nitrogen and oxygen atoms in total. The van der Waals surface area contributed by atoms with Crippen molar-refractivity contribution in [1.82, 2.24) is 4.98 Å². The van der Waals surface area contributed by atoms with Crippen molar-refractivity contribution in [2.45, 2.75) is 43.4 Å². The van der Waals surface area contributed by atoms with E-state index in [-0.39, 0.29) is 5.78 Å². The monoisotopic (exact) mass is 349 g/mol. The number of sulfone groups is 1. The fraction of sp³-hybridized carbons (Fsp3) is 0.412. The molecule has 2 aromatic rings. The van der Waals surface area contributed by atoms with Crippen LogP contribution < -0.4 is 0 Å². The van der Waals surface area contributed by atoms with Crippen molar-refractivity contribution >= 4 is 27.0 Å². The molecule has 0 unspecified atom stereocenters. The van der Waals surface area contributed by atoms with E-state index < -0.39 is 9.84 Å². The SMILES string of the molecule is CC(=O)c1nc(C2CCCC2)c(-c2ccc(S(C)(=O)=O)cc2)s1. The number of carbonyl (C=O) groups excluding carboxylic acids is 1. The molecule has 0 amide bonds. The number of rotatable bonds is 4. The minimum Gasteiger partial charge on any atom is -0.292 e. The first-order valence-electron chi connectivity index (χ1n) is 7.68. The molecule has 0 bridgehead atoms. The zero-order valence-corrected chi connectivity index (χ0v) is 14.8. The fourth-order valence-corrected chi connectivity index (χ4v) is 4.70. The number of benzene rings is 1. The van der Waals surface area contributed by atoms with Gasteiger partial charge in [-0.1, -0.05) is 25.0 Å². The Morgan fingerprint density at radius 3 is 2.30 bits per heavy atom. The van der Waals surface area contributed by atoms with Gasteiger partial charge in [0, 0.05) is 19.1 Å². The van der Waals surface area contributed by atoms with Crippen LogP contribution in [0.1, 0.15) is 54.0 Å².